The molecule has 0 bridgehead atoms. The molecule has 2 atom stereocenters. The Labute approximate surface area is 113 Å². The van der Waals surface area contributed by atoms with Crippen LogP contribution in [0.4, 0.5) is 5.69 Å². The summed E-state index contributed by atoms with van der Waals surface area (Å²) in [6, 6.07) is 1.15. The number of hydrogen-bond acceptors (Lipinski definition) is 5. The average Bonchev–Trinajstić information content (AvgIpc) is 2.27. The third-order valence-electron chi connectivity index (χ3n) is 3.09. The van der Waals surface area contributed by atoms with Crippen LogP contribution in [0.3, 0.4) is 0 Å². The van der Waals surface area contributed by atoms with Crippen molar-refractivity contribution in [1.29, 1.82) is 0 Å². The number of aliphatic hydroxyl groups is 1. The minimum Gasteiger partial charge on any atom is -0.390 e. The van der Waals surface area contributed by atoms with Crippen LogP contribution in [0.5, 0.6) is 0 Å². The van der Waals surface area contributed by atoms with Crippen molar-refractivity contribution >= 4 is 21.6 Å². The largest absolute Gasteiger partial charge is 0.390 e. The van der Waals surface area contributed by atoms with E-state index in [0.29, 0.717) is 29.6 Å². The molecule has 2 rings (SSSR count). The summed E-state index contributed by atoms with van der Waals surface area (Å²) in [4.78, 5) is 14.7. The number of nitrogens with one attached hydrogen (secondary N) is 1. The molecule has 0 aromatic carbocycles. The summed E-state index contributed by atoms with van der Waals surface area (Å²) in [5.74, 6) is 0. The Morgan fingerprint density at radius 3 is 3.06 bits per heavy atom. The molecule has 0 radical (unpaired) electrons. The summed E-state index contributed by atoms with van der Waals surface area (Å²) in [6.07, 6.45) is 2.59. The van der Waals surface area contributed by atoms with Gasteiger partial charge in [0, 0.05) is 16.7 Å². The molecule has 6 nitrogen and oxygen atoms in total. The molecule has 18 heavy (non-hydrogen) atoms. The summed E-state index contributed by atoms with van der Waals surface area (Å²) in [6.45, 7) is 2.36. The van der Waals surface area contributed by atoms with E-state index in [1.54, 1.807) is 6.92 Å². The molecule has 0 spiro atoms. The third kappa shape index (κ3) is 2.85. The number of aromatic nitrogens is 1. The molecule has 1 fully saturated rings. The van der Waals surface area contributed by atoms with E-state index in [1.807, 2.05) is 0 Å². The SMILES string of the molecule is CC1(O)CCNC(c2ncc(Br)cc2[N+](=O)[O-])C1. The van der Waals surface area contributed by atoms with E-state index in [0.717, 1.165) is 0 Å². The van der Waals surface area contributed by atoms with Gasteiger partial charge in [0.05, 0.1) is 16.6 Å². The maximum Gasteiger partial charge on any atom is 0.293 e. The molecule has 0 amide bonds. The van der Waals surface area contributed by atoms with E-state index in [9.17, 15) is 15.2 Å². The van der Waals surface area contributed by atoms with Gasteiger partial charge < -0.3 is 10.4 Å². The van der Waals surface area contributed by atoms with Gasteiger partial charge in [-0.25, -0.2) is 0 Å². The Balaban J connectivity index is 2.35. The first-order chi connectivity index (χ1) is 8.39. The minimum absolute atomic E-state index is 0.0282. The van der Waals surface area contributed by atoms with Crippen LogP contribution in [0.1, 0.15) is 31.5 Å². The van der Waals surface area contributed by atoms with Crippen molar-refractivity contribution in [1.82, 2.24) is 10.3 Å². The highest BCUT2D eigenvalue weighted by atomic mass is 79.9. The Kier molecular flexibility index (Phi) is 3.65. The van der Waals surface area contributed by atoms with Crippen molar-refractivity contribution in [2.45, 2.75) is 31.4 Å². The second-order valence-corrected chi connectivity index (χ2v) is 5.69. The zero-order valence-corrected chi connectivity index (χ0v) is 11.5. The maximum atomic E-state index is 11.0. The lowest BCUT2D eigenvalue weighted by atomic mass is 9.88. The van der Waals surface area contributed by atoms with Crippen molar-refractivity contribution in [3.63, 3.8) is 0 Å². The van der Waals surface area contributed by atoms with Gasteiger partial charge in [0.25, 0.3) is 5.69 Å². The molecule has 1 aliphatic heterocycles. The van der Waals surface area contributed by atoms with Gasteiger partial charge in [-0.05, 0) is 42.2 Å². The van der Waals surface area contributed by atoms with Crippen LogP contribution in [0, 0.1) is 10.1 Å². The molecule has 1 aliphatic rings. The van der Waals surface area contributed by atoms with E-state index < -0.39 is 10.5 Å². The number of nitrogens with zero attached hydrogens (tertiary/aromatic N) is 2. The molecule has 1 aromatic heterocycles. The van der Waals surface area contributed by atoms with Crippen molar-refractivity contribution in [2.75, 3.05) is 6.54 Å². The second kappa shape index (κ2) is 4.91. The number of halogens is 1. The second-order valence-electron chi connectivity index (χ2n) is 4.77. The summed E-state index contributed by atoms with van der Waals surface area (Å²) in [7, 11) is 0. The lowest BCUT2D eigenvalue weighted by Crippen LogP contribution is -2.42. The quantitative estimate of drug-likeness (QED) is 0.643. The average molecular weight is 316 g/mol. The summed E-state index contributed by atoms with van der Waals surface area (Å²) in [5, 5.41) is 24.2. The molecule has 2 N–H and O–H groups in total. The smallest absolute Gasteiger partial charge is 0.293 e. The van der Waals surface area contributed by atoms with Crippen molar-refractivity contribution in [3.05, 3.63) is 32.5 Å². The molecule has 1 saturated heterocycles. The van der Waals surface area contributed by atoms with Gasteiger partial charge in [-0.1, -0.05) is 0 Å². The zero-order valence-electron chi connectivity index (χ0n) is 9.89. The van der Waals surface area contributed by atoms with Crippen LogP contribution in [0.25, 0.3) is 0 Å². The predicted octanol–water partition coefficient (Wildman–Crippen LogP) is 1.93. The fraction of sp³-hybridized carbons (Fsp3) is 0.545. The fourth-order valence-corrected chi connectivity index (χ4v) is 2.50. The first-order valence-corrected chi connectivity index (χ1v) is 6.44. The molecule has 98 valence electrons. The van der Waals surface area contributed by atoms with Crippen molar-refractivity contribution in [3.8, 4) is 0 Å². The number of rotatable bonds is 2. The summed E-state index contributed by atoms with van der Waals surface area (Å²) < 4.78 is 0.570. The summed E-state index contributed by atoms with van der Waals surface area (Å²) in [5.41, 5.74) is -0.457. The van der Waals surface area contributed by atoms with Crippen LogP contribution >= 0.6 is 15.9 Å². The van der Waals surface area contributed by atoms with Gasteiger partial charge in [-0.3, -0.25) is 15.1 Å². The van der Waals surface area contributed by atoms with Crippen LogP contribution in [-0.2, 0) is 0 Å². The van der Waals surface area contributed by atoms with Crippen LogP contribution in [0.2, 0.25) is 0 Å². The lowest BCUT2D eigenvalue weighted by Gasteiger charge is -2.34. The molecule has 1 aromatic rings. The highest BCUT2D eigenvalue weighted by Crippen LogP contribution is 2.34. The first kappa shape index (κ1) is 13.4. The van der Waals surface area contributed by atoms with Crippen molar-refractivity contribution in [2.24, 2.45) is 0 Å². The van der Waals surface area contributed by atoms with E-state index in [1.165, 1.54) is 12.3 Å². The Bertz CT molecular complexity index is 479. The van der Waals surface area contributed by atoms with E-state index >= 15 is 0 Å². The van der Waals surface area contributed by atoms with Crippen LogP contribution in [0.15, 0.2) is 16.7 Å². The molecule has 0 saturated carbocycles. The number of piperidine rings is 1. The topological polar surface area (TPSA) is 88.3 Å². The minimum atomic E-state index is -0.807. The summed E-state index contributed by atoms with van der Waals surface area (Å²) >= 11 is 3.17. The highest BCUT2D eigenvalue weighted by Gasteiger charge is 2.34. The Morgan fingerprint density at radius 1 is 1.72 bits per heavy atom. The molecular formula is C11H14BrN3O3. The fourth-order valence-electron chi connectivity index (χ4n) is 2.18. The standard InChI is InChI=1S/C11H14BrN3O3/c1-11(16)2-3-13-8(5-11)10-9(15(17)18)4-7(12)6-14-10/h4,6,8,13,16H,2-3,5H2,1H3. The van der Waals surface area contributed by atoms with Crippen LogP contribution < -0.4 is 5.32 Å². The van der Waals surface area contributed by atoms with Gasteiger partial charge in [-0.2, -0.15) is 0 Å². The molecule has 2 heterocycles. The predicted molar refractivity (Wildman–Crippen MR) is 69.2 cm³/mol. The monoisotopic (exact) mass is 315 g/mol. The number of pyridine rings is 1. The van der Waals surface area contributed by atoms with Gasteiger partial charge >= 0.3 is 0 Å². The number of nitro groups is 1. The maximum absolute atomic E-state index is 11.0. The normalized spacial score (nSPS) is 28.1. The van der Waals surface area contributed by atoms with E-state index in [2.05, 4.69) is 26.2 Å². The highest BCUT2D eigenvalue weighted by molar-refractivity contribution is 9.10. The van der Waals surface area contributed by atoms with Gasteiger partial charge in [-0.15, -0.1) is 0 Å². The molecule has 0 aliphatic carbocycles. The Hall–Kier alpha value is -1.05. The lowest BCUT2D eigenvalue weighted by molar-refractivity contribution is -0.386. The van der Waals surface area contributed by atoms with Gasteiger partial charge in [0.2, 0.25) is 0 Å². The molecule has 7 heteroatoms. The molecule has 2 unspecified atom stereocenters. The van der Waals surface area contributed by atoms with Gasteiger partial charge in [0.15, 0.2) is 0 Å². The van der Waals surface area contributed by atoms with Gasteiger partial charge in [0.1, 0.15) is 5.69 Å². The van der Waals surface area contributed by atoms with Crippen molar-refractivity contribution < 1.29 is 10.0 Å². The molecular weight excluding hydrogens is 302 g/mol. The zero-order chi connectivity index (χ0) is 13.3. The number of hydrogen-bond donors (Lipinski definition) is 2. The first-order valence-electron chi connectivity index (χ1n) is 5.65. The van der Waals surface area contributed by atoms with E-state index in [4.69, 9.17) is 0 Å². The van der Waals surface area contributed by atoms with Crippen LogP contribution in [-0.4, -0.2) is 27.2 Å². The third-order valence-corrected chi connectivity index (χ3v) is 3.52. The Morgan fingerprint density at radius 2 is 2.44 bits per heavy atom. The van der Waals surface area contributed by atoms with E-state index in [-0.39, 0.29) is 11.7 Å².